The van der Waals surface area contributed by atoms with Crippen molar-refractivity contribution in [1.82, 2.24) is 29.1 Å². The average molecular weight is 1710 g/mol. The maximum absolute atomic E-state index is 6.29. The number of hydrogen-bond donors (Lipinski definition) is 0. The van der Waals surface area contributed by atoms with Gasteiger partial charge in [-0.15, -0.1) is 34.9 Å². The van der Waals surface area contributed by atoms with Crippen LogP contribution >= 0.6 is 0 Å². The SMILES string of the molecule is CC(C)c1cc(-c2ccccc2)cc(C(C)C)c1-c1cc(-c2cc(-c3ccccc3)cc(C(C)(c3cc(-c4c(C(C)C)cc(-c5ccccc5)cc4C(C)C)ccn3)c3cn(-c4c(C(C)C)cc(-c5ccccc5)cc4C(C)C)cn3)n2)[c-]c(C(C)(c2[c-]cccc2)c2nccn2-c2c(C(C)C)cc(-c3ccccc3)cc2C(C)C)c1.[Ir]. The fourth-order valence-electron chi connectivity index (χ4n) is 17.5. The Kier molecular flexibility index (Phi) is 24.3. The Balaban J connectivity index is 0.0000113. The second-order valence-corrected chi connectivity index (χ2v) is 34.7. The maximum atomic E-state index is 6.29. The van der Waals surface area contributed by atoms with Gasteiger partial charge in [-0.2, -0.15) is 30.3 Å². The van der Waals surface area contributed by atoms with Crippen molar-refractivity contribution < 1.29 is 20.1 Å². The molecule has 0 bridgehead atoms. The van der Waals surface area contributed by atoms with Crippen LogP contribution in [0.3, 0.4) is 0 Å². The summed E-state index contributed by atoms with van der Waals surface area (Å²) in [6, 6.07) is 104. The number of benzene rings is 11. The molecule has 0 aliphatic carbocycles. The Labute approximate surface area is 710 Å². The predicted molar refractivity (Wildman–Crippen MR) is 487 cm³/mol. The van der Waals surface area contributed by atoms with Crippen molar-refractivity contribution in [3.05, 3.63) is 383 Å². The van der Waals surface area contributed by atoms with Crippen LogP contribution in [0.1, 0.15) is 251 Å². The number of rotatable bonds is 24. The van der Waals surface area contributed by atoms with Crippen LogP contribution in [0.5, 0.6) is 0 Å². The van der Waals surface area contributed by atoms with E-state index >= 15 is 0 Å². The quantitative estimate of drug-likeness (QED) is 0.0566. The minimum atomic E-state index is -1.12. The van der Waals surface area contributed by atoms with E-state index in [0.717, 1.165) is 78.9 Å². The van der Waals surface area contributed by atoms with Gasteiger partial charge in [0.15, 0.2) is 0 Å². The Bertz CT molecular complexity index is 5870. The molecule has 0 saturated heterocycles. The first-order valence-corrected chi connectivity index (χ1v) is 42.0. The van der Waals surface area contributed by atoms with Crippen molar-refractivity contribution in [3.8, 4) is 101 Å². The van der Waals surface area contributed by atoms with E-state index in [0.29, 0.717) is 0 Å². The van der Waals surface area contributed by atoms with E-state index in [4.69, 9.17) is 19.9 Å². The monoisotopic (exact) mass is 1710 g/mol. The molecule has 0 spiro atoms. The molecule has 0 amide bonds. The number of imidazole rings is 2. The Morgan fingerprint density at radius 2 is 0.692 bits per heavy atom. The molecular formula is C110H110IrN6-2. The van der Waals surface area contributed by atoms with E-state index in [2.05, 4.69) is 419 Å². The molecule has 117 heavy (non-hydrogen) atoms. The topological polar surface area (TPSA) is 61.4 Å². The Hall–Kier alpha value is -11.2. The third-order valence-corrected chi connectivity index (χ3v) is 24.0. The van der Waals surface area contributed by atoms with Gasteiger partial charge in [-0.25, -0.2) is 9.97 Å². The zero-order valence-corrected chi connectivity index (χ0v) is 73.7. The van der Waals surface area contributed by atoms with E-state index in [-0.39, 0.29) is 67.4 Å². The summed E-state index contributed by atoms with van der Waals surface area (Å²) in [5, 5.41) is 0. The molecule has 15 rings (SSSR count). The van der Waals surface area contributed by atoms with Crippen molar-refractivity contribution in [1.29, 1.82) is 0 Å². The minimum Gasteiger partial charge on any atom is -0.305 e. The van der Waals surface area contributed by atoms with E-state index in [1.165, 1.54) is 100 Å². The molecule has 0 saturated carbocycles. The molecule has 591 valence electrons. The van der Waals surface area contributed by atoms with E-state index in [9.17, 15) is 0 Å². The van der Waals surface area contributed by atoms with Gasteiger partial charge in [0.25, 0.3) is 0 Å². The molecule has 4 aromatic heterocycles. The van der Waals surface area contributed by atoms with E-state index in [1.807, 2.05) is 18.7 Å². The van der Waals surface area contributed by atoms with Crippen LogP contribution in [0.4, 0.5) is 0 Å². The molecule has 2 atom stereocenters. The summed E-state index contributed by atoms with van der Waals surface area (Å²) in [4.78, 5) is 23.3. The minimum absolute atomic E-state index is 0. The molecule has 6 nitrogen and oxygen atoms in total. The van der Waals surface area contributed by atoms with Crippen LogP contribution in [0.2, 0.25) is 0 Å². The third-order valence-electron chi connectivity index (χ3n) is 24.0. The first-order valence-electron chi connectivity index (χ1n) is 42.0. The van der Waals surface area contributed by atoms with E-state index in [1.54, 1.807) is 0 Å². The molecular weight excluding hydrogens is 1600 g/mol. The number of hydrogen-bond acceptors (Lipinski definition) is 4. The summed E-state index contributed by atoms with van der Waals surface area (Å²) in [7, 11) is 0. The van der Waals surface area contributed by atoms with Gasteiger partial charge < -0.3 is 9.13 Å². The largest absolute Gasteiger partial charge is 0.305 e. The zero-order valence-electron chi connectivity index (χ0n) is 71.3. The predicted octanol–water partition coefficient (Wildman–Crippen LogP) is 29.5. The first kappa shape index (κ1) is 82.3. The van der Waals surface area contributed by atoms with Gasteiger partial charge in [0.05, 0.1) is 34.5 Å². The molecule has 0 N–H and O–H groups in total. The molecule has 0 aliphatic heterocycles. The summed E-state index contributed by atoms with van der Waals surface area (Å²) in [6.07, 6.45) is 10.5. The van der Waals surface area contributed by atoms with Gasteiger partial charge in [-0.3, -0.25) is 9.97 Å². The van der Waals surface area contributed by atoms with Gasteiger partial charge in [-0.05, 0) is 226 Å². The summed E-state index contributed by atoms with van der Waals surface area (Å²) in [5.74, 6) is 2.22. The Morgan fingerprint density at radius 1 is 0.308 bits per heavy atom. The molecule has 7 heteroatoms. The summed E-state index contributed by atoms with van der Waals surface area (Å²) >= 11 is 0. The number of nitrogens with zero attached hydrogens (tertiary/aromatic N) is 6. The number of aromatic nitrogens is 6. The van der Waals surface area contributed by atoms with Crippen LogP contribution in [-0.4, -0.2) is 29.1 Å². The molecule has 11 aromatic carbocycles. The fraction of sp³-hybridized carbons (Fsp3) is 0.255. The molecule has 1 radical (unpaired) electrons. The van der Waals surface area contributed by atoms with Crippen LogP contribution in [0, 0.1) is 12.1 Å². The number of pyridine rings is 2. The van der Waals surface area contributed by atoms with Crippen LogP contribution in [0.15, 0.2) is 292 Å². The average Bonchev–Trinajstić information content (AvgIpc) is 1.72. The standard InChI is InChI=1S/C110H110N6.Ir/c1-69(2)92-56-83(77-37-25-19-26-38-77)57-93(70(3)4)104(92)82-49-50-111-101(65-82)110(18,103-67-115(68-113-103)106-96(73(9)10)60-85(61-97(106)74(11)12)79-41-29-21-30-42-79)102-66-87(81-45-33-23-34-46-81)64-100(114-102)88-53-89(105-94(71(5)6)58-84(59-95(105)72(7)8)78-39-27-20-28-40-78)55-91(54-88)109(17,90-47-35-24-36-48-90)108-112-51-52-116(108)107-98(75(13)14)62-86(63-99(107)76(15)16)80-43-31-22-32-44-80;/h19-47,49-53,55-76H,1-18H3;/q-2;. The van der Waals surface area contributed by atoms with Gasteiger partial charge >= 0.3 is 0 Å². The van der Waals surface area contributed by atoms with Crippen molar-refractivity contribution in [2.75, 3.05) is 0 Å². The van der Waals surface area contributed by atoms with Crippen molar-refractivity contribution in [2.24, 2.45) is 0 Å². The first-order chi connectivity index (χ1) is 55.9. The van der Waals surface area contributed by atoms with Gasteiger partial charge in [0, 0.05) is 56.0 Å². The summed E-state index contributed by atoms with van der Waals surface area (Å²) < 4.78 is 4.71. The summed E-state index contributed by atoms with van der Waals surface area (Å²) in [5.41, 5.74) is 32.5. The maximum Gasteiger partial charge on any atom is 0.124 e. The van der Waals surface area contributed by atoms with Crippen molar-refractivity contribution in [3.63, 3.8) is 0 Å². The van der Waals surface area contributed by atoms with Crippen LogP contribution < -0.4 is 0 Å². The van der Waals surface area contributed by atoms with E-state index < -0.39 is 10.8 Å². The van der Waals surface area contributed by atoms with Gasteiger partial charge in [-0.1, -0.05) is 298 Å². The van der Waals surface area contributed by atoms with Gasteiger partial charge in [0.1, 0.15) is 5.82 Å². The normalized spacial score (nSPS) is 12.9. The fourth-order valence-corrected chi connectivity index (χ4v) is 17.5. The van der Waals surface area contributed by atoms with Crippen LogP contribution in [0.25, 0.3) is 101 Å². The van der Waals surface area contributed by atoms with Crippen molar-refractivity contribution >= 4 is 0 Å². The van der Waals surface area contributed by atoms with Crippen LogP contribution in [-0.2, 0) is 30.9 Å². The zero-order chi connectivity index (χ0) is 81.4. The van der Waals surface area contributed by atoms with Gasteiger partial charge in [0.2, 0.25) is 0 Å². The molecule has 0 aliphatic rings. The third kappa shape index (κ3) is 16.2. The molecule has 2 unspecified atom stereocenters. The molecule has 15 aromatic rings. The Morgan fingerprint density at radius 3 is 1.10 bits per heavy atom. The molecule has 4 heterocycles. The second kappa shape index (κ2) is 34.5. The van der Waals surface area contributed by atoms with Crippen molar-refractivity contribution in [2.45, 2.75) is 183 Å². The summed E-state index contributed by atoms with van der Waals surface area (Å²) in [6.45, 7) is 41.9. The molecule has 0 fully saturated rings. The smallest absolute Gasteiger partial charge is 0.124 e. The second-order valence-electron chi connectivity index (χ2n) is 34.7.